The highest BCUT2D eigenvalue weighted by atomic mass is 32.2. The van der Waals surface area contributed by atoms with Gasteiger partial charge in [0.05, 0.1) is 11.2 Å². The summed E-state index contributed by atoms with van der Waals surface area (Å²) in [5, 5.41) is 15.7. The third-order valence-electron chi connectivity index (χ3n) is 6.39. The minimum atomic E-state index is -0.471. The molecule has 4 aliphatic rings. The molecule has 4 saturated carbocycles. The number of aromatic nitrogens is 2. The van der Waals surface area contributed by atoms with E-state index in [2.05, 4.69) is 29.1 Å². The smallest absolute Gasteiger partial charge is 0.255 e. The molecule has 154 valence electrons. The Morgan fingerprint density at radius 3 is 2.50 bits per heavy atom. The zero-order chi connectivity index (χ0) is 19.7. The fraction of sp³-hybridized carbons (Fsp3) is 0.762. The van der Waals surface area contributed by atoms with Crippen LogP contribution in [0.15, 0.2) is 16.4 Å². The summed E-state index contributed by atoms with van der Waals surface area (Å²) >= 11 is 3.30. The van der Waals surface area contributed by atoms with Gasteiger partial charge in [0.15, 0.2) is 5.16 Å². The molecule has 0 radical (unpaired) electrons. The van der Waals surface area contributed by atoms with E-state index >= 15 is 0 Å². The number of thioether (sulfide) groups is 2. The van der Waals surface area contributed by atoms with E-state index in [0.29, 0.717) is 23.3 Å². The maximum atomic E-state index is 13.2. The number of carbonyl (C=O) groups is 1. The van der Waals surface area contributed by atoms with Crippen LogP contribution >= 0.6 is 23.5 Å². The molecule has 0 aromatic carbocycles. The molecule has 0 saturated heterocycles. The number of nitrogens with one attached hydrogen (secondary N) is 1. The highest BCUT2D eigenvalue weighted by Crippen LogP contribution is 2.55. The van der Waals surface area contributed by atoms with Gasteiger partial charge in [0.1, 0.15) is 5.03 Å². The highest BCUT2D eigenvalue weighted by Gasteiger charge is 2.55. The van der Waals surface area contributed by atoms with Crippen molar-refractivity contribution in [2.24, 2.45) is 17.8 Å². The molecule has 5 nitrogen and oxygen atoms in total. The van der Waals surface area contributed by atoms with Crippen LogP contribution in [-0.2, 0) is 0 Å². The van der Waals surface area contributed by atoms with Gasteiger partial charge in [-0.15, -0.1) is 11.8 Å². The van der Waals surface area contributed by atoms with Crippen LogP contribution < -0.4 is 5.32 Å². The SMILES string of the molecule is CCCSc1ncc(C(=O)NC2C3CC4CC2CC(O)(C4)C3)c(SCCC)n1. The molecular weight excluding hydrogens is 390 g/mol. The maximum absolute atomic E-state index is 13.2. The molecule has 2 unspecified atom stereocenters. The second-order valence-electron chi connectivity index (χ2n) is 8.76. The van der Waals surface area contributed by atoms with Crippen molar-refractivity contribution in [3.05, 3.63) is 11.8 Å². The number of aliphatic hydroxyl groups is 1. The monoisotopic (exact) mass is 421 g/mol. The van der Waals surface area contributed by atoms with Crippen molar-refractivity contribution >= 4 is 29.4 Å². The molecule has 1 amide bonds. The first-order valence-corrected chi connectivity index (χ1v) is 12.6. The van der Waals surface area contributed by atoms with Crippen LogP contribution in [0.1, 0.15) is 69.2 Å². The van der Waals surface area contributed by atoms with Gasteiger partial charge in [-0.05, 0) is 68.5 Å². The first-order chi connectivity index (χ1) is 13.5. The number of nitrogens with zero attached hydrogens (tertiary/aromatic N) is 2. The van der Waals surface area contributed by atoms with E-state index < -0.39 is 5.60 Å². The summed E-state index contributed by atoms with van der Waals surface area (Å²) in [5.74, 6) is 3.34. The fourth-order valence-corrected chi connectivity index (χ4v) is 7.10. The van der Waals surface area contributed by atoms with Crippen LogP contribution in [0.3, 0.4) is 0 Å². The zero-order valence-corrected chi connectivity index (χ0v) is 18.5. The van der Waals surface area contributed by atoms with Gasteiger partial charge in [0.2, 0.25) is 0 Å². The fourth-order valence-electron chi connectivity index (χ4n) is 5.52. The quantitative estimate of drug-likeness (QED) is 0.373. The van der Waals surface area contributed by atoms with Crippen molar-refractivity contribution in [3.8, 4) is 0 Å². The first kappa shape index (κ1) is 20.5. The van der Waals surface area contributed by atoms with Crippen molar-refractivity contribution in [3.63, 3.8) is 0 Å². The van der Waals surface area contributed by atoms with E-state index in [4.69, 9.17) is 0 Å². The van der Waals surface area contributed by atoms with Crippen LogP contribution in [0.5, 0.6) is 0 Å². The average molecular weight is 422 g/mol. The van der Waals surface area contributed by atoms with Gasteiger partial charge in [-0.1, -0.05) is 25.6 Å². The highest BCUT2D eigenvalue weighted by molar-refractivity contribution is 7.99. The Morgan fingerprint density at radius 1 is 1.18 bits per heavy atom. The summed E-state index contributed by atoms with van der Waals surface area (Å²) in [6.07, 6.45) is 8.75. The summed E-state index contributed by atoms with van der Waals surface area (Å²) in [6, 6.07) is 0.183. The van der Waals surface area contributed by atoms with Crippen molar-refractivity contribution < 1.29 is 9.90 Å². The minimum Gasteiger partial charge on any atom is -0.390 e. The Kier molecular flexibility index (Phi) is 6.23. The topological polar surface area (TPSA) is 75.1 Å². The first-order valence-electron chi connectivity index (χ1n) is 10.7. The molecule has 2 N–H and O–H groups in total. The predicted molar refractivity (Wildman–Crippen MR) is 114 cm³/mol. The normalized spacial score (nSPS) is 33.2. The van der Waals surface area contributed by atoms with Crippen molar-refractivity contribution in [2.75, 3.05) is 11.5 Å². The van der Waals surface area contributed by atoms with E-state index in [1.165, 1.54) is 0 Å². The lowest BCUT2D eigenvalue weighted by molar-refractivity contribution is -0.136. The van der Waals surface area contributed by atoms with E-state index in [-0.39, 0.29) is 11.9 Å². The van der Waals surface area contributed by atoms with E-state index in [0.717, 1.165) is 66.6 Å². The largest absolute Gasteiger partial charge is 0.390 e. The van der Waals surface area contributed by atoms with E-state index in [1.54, 1.807) is 29.7 Å². The third kappa shape index (κ3) is 4.21. The molecule has 1 aromatic rings. The minimum absolute atomic E-state index is 0.0462. The number of rotatable bonds is 8. The summed E-state index contributed by atoms with van der Waals surface area (Å²) in [5.41, 5.74) is 0.132. The molecule has 7 heteroatoms. The lowest BCUT2D eigenvalue weighted by atomic mass is 9.52. The lowest BCUT2D eigenvalue weighted by Gasteiger charge is -2.58. The van der Waals surface area contributed by atoms with E-state index in [9.17, 15) is 9.90 Å². The van der Waals surface area contributed by atoms with Gasteiger partial charge in [0, 0.05) is 18.0 Å². The van der Waals surface area contributed by atoms with Gasteiger partial charge in [0.25, 0.3) is 5.91 Å². The molecule has 2 atom stereocenters. The Bertz CT molecular complexity index is 714. The molecule has 5 rings (SSSR count). The summed E-state index contributed by atoms with van der Waals surface area (Å²) < 4.78 is 0. The molecule has 4 fully saturated rings. The van der Waals surface area contributed by atoms with Gasteiger partial charge >= 0.3 is 0 Å². The average Bonchev–Trinajstić information content (AvgIpc) is 2.66. The summed E-state index contributed by atoms with van der Waals surface area (Å²) in [4.78, 5) is 22.3. The van der Waals surface area contributed by atoms with Crippen LogP contribution in [0.4, 0.5) is 0 Å². The molecule has 1 aromatic heterocycles. The number of carbonyl (C=O) groups excluding carboxylic acids is 1. The molecule has 28 heavy (non-hydrogen) atoms. The van der Waals surface area contributed by atoms with Crippen molar-refractivity contribution in [1.29, 1.82) is 0 Å². The third-order valence-corrected chi connectivity index (χ3v) is 8.66. The molecule has 4 bridgehead atoms. The summed E-state index contributed by atoms with van der Waals surface area (Å²) in [7, 11) is 0. The predicted octanol–water partition coefficient (Wildman–Crippen LogP) is 4.15. The van der Waals surface area contributed by atoms with Crippen LogP contribution in [-0.4, -0.2) is 44.1 Å². The van der Waals surface area contributed by atoms with Gasteiger partial charge < -0.3 is 10.4 Å². The standard InChI is InChI=1S/C21H31N3O2S2/c1-3-5-27-19-16(12-22-20(24-19)28-6-4-2)18(25)23-17-14-7-13-8-15(17)11-21(26,9-13)10-14/h12-15,17,26H,3-11H2,1-2H3,(H,23,25). The molecule has 0 aliphatic heterocycles. The maximum Gasteiger partial charge on any atom is 0.255 e. The zero-order valence-electron chi connectivity index (χ0n) is 16.8. The van der Waals surface area contributed by atoms with Crippen molar-refractivity contribution in [1.82, 2.24) is 15.3 Å². The van der Waals surface area contributed by atoms with Crippen LogP contribution in [0.25, 0.3) is 0 Å². The second-order valence-corrected chi connectivity index (χ2v) is 10.9. The molecular formula is C21H31N3O2S2. The van der Waals surface area contributed by atoms with Gasteiger partial charge in [-0.3, -0.25) is 4.79 Å². The summed E-state index contributed by atoms with van der Waals surface area (Å²) in [6.45, 7) is 4.28. The Hall–Kier alpha value is -0.790. The Morgan fingerprint density at radius 2 is 1.86 bits per heavy atom. The lowest BCUT2D eigenvalue weighted by Crippen LogP contribution is -2.61. The Labute approximate surface area is 176 Å². The molecule has 0 spiro atoms. The van der Waals surface area contributed by atoms with Crippen LogP contribution in [0.2, 0.25) is 0 Å². The van der Waals surface area contributed by atoms with Gasteiger partial charge in [-0.25, -0.2) is 9.97 Å². The number of amides is 1. The Balaban J connectivity index is 1.49. The number of hydrogen-bond donors (Lipinski definition) is 2. The van der Waals surface area contributed by atoms with Crippen LogP contribution in [0, 0.1) is 17.8 Å². The second kappa shape index (κ2) is 8.52. The van der Waals surface area contributed by atoms with E-state index in [1.807, 2.05) is 0 Å². The number of hydrogen-bond acceptors (Lipinski definition) is 6. The van der Waals surface area contributed by atoms with Crippen molar-refractivity contribution in [2.45, 2.75) is 80.6 Å². The van der Waals surface area contributed by atoms with Gasteiger partial charge in [-0.2, -0.15) is 0 Å². The molecule has 1 heterocycles. The molecule has 4 aliphatic carbocycles.